The highest BCUT2D eigenvalue weighted by molar-refractivity contribution is 7.93. The second kappa shape index (κ2) is 17.9. The lowest BCUT2D eigenvalue weighted by Gasteiger charge is -2.42. The number of carbonyl (C=O) groups is 1. The molecule has 53 heavy (non-hydrogen) atoms. The number of carbonyl (C=O) groups excluding carboxylic acids is 1. The molecule has 1 aliphatic rings. The fourth-order valence-corrected chi connectivity index (χ4v) is 11.5. The van der Waals surface area contributed by atoms with Crippen molar-refractivity contribution in [3.63, 3.8) is 0 Å². The summed E-state index contributed by atoms with van der Waals surface area (Å²) in [6, 6.07) is 18.6. The predicted octanol–water partition coefficient (Wildman–Crippen LogP) is 10.3. The monoisotopic (exact) mass is 803 g/mol. The third-order valence-corrected chi connectivity index (χ3v) is 20.7. The van der Waals surface area contributed by atoms with Crippen LogP contribution in [-0.2, 0) is 39.9 Å². The Bertz CT molecular complexity index is 1700. The van der Waals surface area contributed by atoms with Gasteiger partial charge in [-0.05, 0) is 93.7 Å². The van der Waals surface area contributed by atoms with Crippen LogP contribution < -0.4 is 0 Å². The topological polar surface area (TPSA) is 101 Å². The zero-order valence-corrected chi connectivity index (χ0v) is 37.7. The van der Waals surface area contributed by atoms with Gasteiger partial charge >= 0.3 is 5.97 Å². The van der Waals surface area contributed by atoms with Crippen LogP contribution in [0.15, 0.2) is 58.9 Å². The van der Waals surface area contributed by atoms with Crippen LogP contribution in [-0.4, -0.2) is 72.5 Å². The first-order chi connectivity index (χ1) is 24.6. The van der Waals surface area contributed by atoms with Gasteiger partial charge in [-0.3, -0.25) is 4.79 Å². The summed E-state index contributed by atoms with van der Waals surface area (Å²) in [5.74, 6) is -0.605. The number of benzene rings is 2. The molecule has 0 spiro atoms. The number of fused-ring (bicyclic) bond motifs is 1. The predicted molar refractivity (Wildman–Crippen MR) is 223 cm³/mol. The molecule has 3 aromatic rings. The van der Waals surface area contributed by atoms with E-state index >= 15 is 0 Å². The van der Waals surface area contributed by atoms with Gasteiger partial charge in [0.25, 0.3) is 0 Å². The Hall–Kier alpha value is -1.94. The molecule has 0 bridgehead atoms. The Morgan fingerprint density at radius 1 is 0.981 bits per heavy atom. The molecule has 8 nitrogen and oxygen atoms in total. The van der Waals surface area contributed by atoms with E-state index in [2.05, 4.69) is 70.6 Å². The summed E-state index contributed by atoms with van der Waals surface area (Å²) in [6.07, 6.45) is 2.67. The molecule has 0 N–H and O–H groups in total. The van der Waals surface area contributed by atoms with E-state index in [1.54, 1.807) is 0 Å². The van der Waals surface area contributed by atoms with Crippen molar-refractivity contribution in [2.75, 3.05) is 12.4 Å². The largest absolute Gasteiger partial charge is 0.466 e. The molecule has 1 aliphatic heterocycles. The first-order valence-electron chi connectivity index (χ1n) is 19.3. The Morgan fingerprint density at radius 2 is 1.64 bits per heavy atom. The van der Waals surface area contributed by atoms with E-state index in [1.165, 1.54) is 11.3 Å². The summed E-state index contributed by atoms with van der Waals surface area (Å²) in [4.78, 5) is 17.9. The maximum Gasteiger partial charge on any atom is 0.314 e. The summed E-state index contributed by atoms with van der Waals surface area (Å²) >= 11 is 1.22. The van der Waals surface area contributed by atoms with Crippen molar-refractivity contribution < 1.29 is 31.8 Å². The first-order valence-corrected chi connectivity index (χ1v) is 28.4. The number of hydrogen-bond donors (Lipinski definition) is 0. The number of ether oxygens (including phenoxy) is 3. The van der Waals surface area contributed by atoms with E-state index in [0.717, 1.165) is 35.6 Å². The highest BCUT2D eigenvalue weighted by atomic mass is 32.2. The molecule has 0 unspecified atom stereocenters. The third-order valence-electron chi connectivity index (χ3n) is 11.0. The molecule has 0 saturated carbocycles. The number of nitrogens with zero attached hydrogens (tertiary/aromatic N) is 1. The van der Waals surface area contributed by atoms with Crippen molar-refractivity contribution in [2.45, 2.75) is 153 Å². The Morgan fingerprint density at radius 3 is 2.28 bits per heavy atom. The molecule has 4 rings (SSSR count). The van der Waals surface area contributed by atoms with Crippen LogP contribution in [0, 0.1) is 11.3 Å². The highest BCUT2D eigenvalue weighted by Gasteiger charge is 2.44. The number of aromatic nitrogens is 1. The van der Waals surface area contributed by atoms with Crippen LogP contribution >= 0.6 is 11.3 Å². The van der Waals surface area contributed by atoms with Crippen LogP contribution in [0.2, 0.25) is 43.8 Å². The number of esters is 1. The van der Waals surface area contributed by atoms with Crippen molar-refractivity contribution in [3.05, 3.63) is 60.2 Å². The molecule has 2 aromatic carbocycles. The summed E-state index contributed by atoms with van der Waals surface area (Å²) in [6.45, 7) is 24.6. The molecule has 0 radical (unpaired) electrons. The molecular formula is C41H65NO7S2Si2. The fourth-order valence-electron chi connectivity index (χ4n) is 6.40. The van der Waals surface area contributed by atoms with E-state index in [9.17, 15) is 13.2 Å². The number of para-hydroxylation sites is 1. The van der Waals surface area contributed by atoms with E-state index in [4.69, 9.17) is 18.6 Å². The first kappa shape index (κ1) is 43.8. The summed E-state index contributed by atoms with van der Waals surface area (Å²) in [5, 5.41) is -0.0772. The number of thiazole rings is 1. The quantitative estimate of drug-likeness (QED) is 0.0926. The van der Waals surface area contributed by atoms with Gasteiger partial charge in [0.1, 0.15) is 0 Å². The third kappa shape index (κ3) is 12.5. The lowest BCUT2D eigenvalue weighted by molar-refractivity contribution is -0.173. The van der Waals surface area contributed by atoms with Gasteiger partial charge in [0.05, 0.1) is 59.0 Å². The Kier molecular flexibility index (Phi) is 14.8. The second-order valence-corrected chi connectivity index (χ2v) is 32.0. The normalized spacial score (nSPS) is 19.5. The summed E-state index contributed by atoms with van der Waals surface area (Å²) < 4.78 is 55.2. The van der Waals surface area contributed by atoms with Crippen LogP contribution in [0.3, 0.4) is 0 Å². The molecule has 1 saturated heterocycles. The van der Waals surface area contributed by atoms with Crippen LogP contribution in [0.4, 0.5) is 0 Å². The van der Waals surface area contributed by atoms with E-state index in [1.807, 2.05) is 63.2 Å². The lowest BCUT2D eigenvalue weighted by Crippen LogP contribution is -2.48. The molecule has 296 valence electrons. The molecule has 2 heterocycles. The van der Waals surface area contributed by atoms with Gasteiger partial charge in [0.2, 0.25) is 14.2 Å². The maximum absolute atomic E-state index is 13.9. The minimum absolute atomic E-state index is 0.0759. The Balaban J connectivity index is 1.57. The lowest BCUT2D eigenvalue weighted by atomic mass is 9.81. The fraction of sp³-hybridized carbons (Fsp3) is 0.659. The van der Waals surface area contributed by atoms with Gasteiger partial charge in [0.15, 0.2) is 8.32 Å². The van der Waals surface area contributed by atoms with Crippen LogP contribution in [0.25, 0.3) is 10.2 Å². The standard InChI is InChI=1S/C41H65NO7S2Si2/c1-30(29-51(44,45)39-42-34-21-15-16-22-36(34)50-39)35(49-53(10,11)40(2,3)4)27-33(47-28-31-18-13-12-14-19-31)26-32-20-17-23-37(48-32)41(5,6)38(43)46-24-25-52(7,8)9/h12-16,18-19,21-22,30,32-33,35,37H,17,20,23-29H2,1-11H3/t30-,32-,33-,35+,37+/m0/s1. The smallest absolute Gasteiger partial charge is 0.314 e. The second-order valence-electron chi connectivity index (χ2n) is 18.4. The number of hydrogen-bond acceptors (Lipinski definition) is 9. The highest BCUT2D eigenvalue weighted by Crippen LogP contribution is 2.41. The molecule has 0 amide bonds. The van der Waals surface area contributed by atoms with Gasteiger partial charge in [-0.1, -0.05) is 89.8 Å². The van der Waals surface area contributed by atoms with Crippen molar-refractivity contribution in [2.24, 2.45) is 11.3 Å². The van der Waals surface area contributed by atoms with Crippen LogP contribution in [0.1, 0.15) is 79.2 Å². The SMILES string of the molecule is C[C@@H](CS(=O)(=O)c1nc2ccccc2s1)[C@@H](C[C@H](C[C@@H]1CCC[C@H](C(C)(C)C(=O)OCC[Si](C)(C)C)O1)OCc1ccccc1)O[Si](C)(C)C(C)(C)C. The Labute approximate surface area is 325 Å². The van der Waals surface area contributed by atoms with Crippen molar-refractivity contribution in [3.8, 4) is 0 Å². The van der Waals surface area contributed by atoms with Crippen molar-refractivity contribution in [1.82, 2.24) is 4.98 Å². The van der Waals surface area contributed by atoms with Gasteiger partial charge in [-0.2, -0.15) is 0 Å². The van der Waals surface area contributed by atoms with Gasteiger partial charge < -0.3 is 18.6 Å². The zero-order chi connectivity index (χ0) is 39.2. The van der Waals surface area contributed by atoms with Gasteiger partial charge in [-0.25, -0.2) is 13.4 Å². The van der Waals surface area contributed by atoms with E-state index in [0.29, 0.717) is 31.6 Å². The summed E-state index contributed by atoms with van der Waals surface area (Å²) in [7, 11) is -7.36. The minimum Gasteiger partial charge on any atom is -0.466 e. The average Bonchev–Trinajstić information content (AvgIpc) is 3.52. The number of rotatable bonds is 18. The summed E-state index contributed by atoms with van der Waals surface area (Å²) in [5.41, 5.74) is 0.979. The van der Waals surface area contributed by atoms with Crippen molar-refractivity contribution in [1.29, 1.82) is 0 Å². The average molecular weight is 804 g/mol. The van der Waals surface area contributed by atoms with Gasteiger partial charge in [-0.15, -0.1) is 11.3 Å². The van der Waals surface area contributed by atoms with Crippen molar-refractivity contribution >= 4 is 53.8 Å². The molecular weight excluding hydrogens is 739 g/mol. The minimum atomic E-state index is -3.69. The van der Waals surface area contributed by atoms with Crippen LogP contribution in [0.5, 0.6) is 0 Å². The molecule has 1 aromatic heterocycles. The van der Waals surface area contributed by atoms with E-state index < -0.39 is 31.6 Å². The molecule has 12 heteroatoms. The molecule has 0 aliphatic carbocycles. The molecule has 5 atom stereocenters. The van der Waals surface area contributed by atoms with E-state index in [-0.39, 0.29) is 51.4 Å². The maximum atomic E-state index is 13.9. The van der Waals surface area contributed by atoms with Gasteiger partial charge in [0, 0.05) is 8.07 Å². The molecule has 1 fully saturated rings. The zero-order valence-electron chi connectivity index (χ0n) is 34.1. The number of sulfone groups is 1.